The Labute approximate surface area is 172 Å². The molecule has 3 aromatic rings. The van der Waals surface area contributed by atoms with E-state index in [1.165, 1.54) is 20.3 Å². The summed E-state index contributed by atoms with van der Waals surface area (Å²) in [5.74, 6) is -1.85. The van der Waals surface area contributed by atoms with Crippen LogP contribution in [0.3, 0.4) is 0 Å². The number of anilines is 1. The maximum Gasteiger partial charge on any atom is 0.375 e. The zero-order valence-electron chi connectivity index (χ0n) is 16.8. The van der Waals surface area contributed by atoms with Crippen LogP contribution in [0.1, 0.15) is 32.0 Å². The lowest BCUT2D eigenvalue weighted by atomic mass is 10.1. The zero-order chi connectivity index (χ0) is 21.7. The second kappa shape index (κ2) is 9.23. The molecule has 1 heterocycles. The van der Waals surface area contributed by atoms with Crippen molar-refractivity contribution in [2.24, 2.45) is 0 Å². The molecule has 1 aromatic heterocycles. The van der Waals surface area contributed by atoms with Gasteiger partial charge in [0.05, 0.1) is 19.3 Å². The molecular weight excluding hydrogens is 390 g/mol. The molecule has 0 unspecified atom stereocenters. The van der Waals surface area contributed by atoms with E-state index in [2.05, 4.69) is 10.1 Å². The van der Waals surface area contributed by atoms with Crippen molar-refractivity contribution < 1.29 is 33.0 Å². The van der Waals surface area contributed by atoms with Gasteiger partial charge in [0.2, 0.25) is 5.76 Å². The molecule has 0 spiro atoms. The summed E-state index contributed by atoms with van der Waals surface area (Å²) in [7, 11) is 2.78. The van der Waals surface area contributed by atoms with Gasteiger partial charge in [-0.2, -0.15) is 0 Å². The molecule has 1 amide bonds. The van der Waals surface area contributed by atoms with Crippen molar-refractivity contribution in [3.63, 3.8) is 0 Å². The summed E-state index contributed by atoms with van der Waals surface area (Å²) in [6, 6.07) is 11.9. The van der Waals surface area contributed by atoms with Crippen molar-refractivity contribution in [1.29, 1.82) is 0 Å². The number of ether oxygens (including phenoxy) is 3. The molecule has 0 bridgehead atoms. The van der Waals surface area contributed by atoms with Gasteiger partial charge in [-0.15, -0.1) is 0 Å². The van der Waals surface area contributed by atoms with Crippen molar-refractivity contribution in [3.8, 4) is 0 Å². The molecule has 0 saturated heterocycles. The number of fused-ring (bicyclic) bond motifs is 1. The van der Waals surface area contributed by atoms with Gasteiger partial charge in [0, 0.05) is 23.7 Å². The standard InChI is InChI=1S/C22H21NO7/c1-13-8-9-14(21(25)28-3)10-17(13)23-19(24)12-29-22(26)20-16(11-27-2)15-6-4-5-7-18(15)30-20/h4-10H,11-12H2,1-3H3,(H,23,24). The summed E-state index contributed by atoms with van der Waals surface area (Å²) in [6.07, 6.45) is 0. The number of hydrogen-bond donors (Lipinski definition) is 1. The molecular formula is C22H21NO7. The number of rotatable bonds is 7. The molecule has 0 radical (unpaired) electrons. The maximum absolute atomic E-state index is 12.5. The van der Waals surface area contributed by atoms with Crippen molar-refractivity contribution >= 4 is 34.5 Å². The summed E-state index contributed by atoms with van der Waals surface area (Å²) < 4.78 is 20.6. The normalized spacial score (nSPS) is 10.6. The van der Waals surface area contributed by atoms with Crippen molar-refractivity contribution in [2.75, 3.05) is 26.1 Å². The Morgan fingerprint density at radius 3 is 2.53 bits per heavy atom. The molecule has 1 N–H and O–H groups in total. The minimum Gasteiger partial charge on any atom is -0.465 e. The van der Waals surface area contributed by atoms with Gasteiger partial charge in [-0.05, 0) is 30.7 Å². The van der Waals surface area contributed by atoms with Crippen LogP contribution in [0.5, 0.6) is 0 Å². The smallest absolute Gasteiger partial charge is 0.375 e. The van der Waals surface area contributed by atoms with Crippen LogP contribution in [0.15, 0.2) is 46.9 Å². The van der Waals surface area contributed by atoms with Gasteiger partial charge in [-0.25, -0.2) is 9.59 Å². The Bertz CT molecular complexity index is 1100. The molecule has 3 rings (SSSR count). The number of para-hydroxylation sites is 1. The minimum atomic E-state index is -0.770. The highest BCUT2D eigenvalue weighted by atomic mass is 16.5. The number of carbonyl (C=O) groups is 3. The Morgan fingerprint density at radius 1 is 1.03 bits per heavy atom. The van der Waals surface area contributed by atoms with Crippen LogP contribution in [0.2, 0.25) is 0 Å². The molecule has 0 saturated carbocycles. The van der Waals surface area contributed by atoms with Crippen LogP contribution in [0.4, 0.5) is 5.69 Å². The Hall–Kier alpha value is -3.65. The van der Waals surface area contributed by atoms with Crippen LogP contribution in [-0.2, 0) is 25.6 Å². The number of nitrogens with one attached hydrogen (secondary N) is 1. The van der Waals surface area contributed by atoms with Crippen LogP contribution in [0, 0.1) is 6.92 Å². The van der Waals surface area contributed by atoms with E-state index < -0.39 is 24.5 Å². The van der Waals surface area contributed by atoms with Gasteiger partial charge in [0.25, 0.3) is 5.91 Å². The number of methoxy groups -OCH3 is 2. The van der Waals surface area contributed by atoms with Crippen LogP contribution in [0.25, 0.3) is 11.0 Å². The first-order valence-electron chi connectivity index (χ1n) is 9.10. The molecule has 2 aromatic carbocycles. The fourth-order valence-electron chi connectivity index (χ4n) is 2.94. The van der Waals surface area contributed by atoms with Crippen molar-refractivity contribution in [2.45, 2.75) is 13.5 Å². The summed E-state index contributed by atoms with van der Waals surface area (Å²) in [4.78, 5) is 36.4. The lowest BCUT2D eigenvalue weighted by molar-refractivity contribution is -0.119. The fraction of sp³-hybridized carbons (Fsp3) is 0.227. The van der Waals surface area contributed by atoms with E-state index in [0.29, 0.717) is 22.4 Å². The minimum absolute atomic E-state index is 0.00489. The first kappa shape index (κ1) is 21.1. The topological polar surface area (TPSA) is 104 Å². The highest BCUT2D eigenvalue weighted by Crippen LogP contribution is 2.27. The third-order valence-electron chi connectivity index (χ3n) is 4.44. The van der Waals surface area contributed by atoms with Gasteiger partial charge >= 0.3 is 11.9 Å². The number of aryl methyl sites for hydroxylation is 1. The average molecular weight is 411 g/mol. The summed E-state index contributed by atoms with van der Waals surface area (Å²) in [5, 5.41) is 3.37. The number of hydrogen-bond acceptors (Lipinski definition) is 7. The first-order valence-corrected chi connectivity index (χ1v) is 9.10. The third kappa shape index (κ3) is 4.49. The number of amides is 1. The molecule has 156 valence electrons. The SMILES string of the molecule is COCc1c(C(=O)OCC(=O)Nc2cc(C(=O)OC)ccc2C)oc2ccccc12. The highest BCUT2D eigenvalue weighted by molar-refractivity contribution is 5.99. The van der Waals surface area contributed by atoms with Gasteiger partial charge < -0.3 is 23.9 Å². The van der Waals surface area contributed by atoms with Crippen molar-refractivity contribution in [1.82, 2.24) is 0 Å². The van der Waals surface area contributed by atoms with Crippen LogP contribution < -0.4 is 5.32 Å². The second-order valence-electron chi connectivity index (χ2n) is 6.48. The number of benzene rings is 2. The molecule has 30 heavy (non-hydrogen) atoms. The monoisotopic (exact) mass is 411 g/mol. The van der Waals surface area contributed by atoms with E-state index in [4.69, 9.17) is 13.9 Å². The van der Waals surface area contributed by atoms with Gasteiger partial charge in [0.1, 0.15) is 5.58 Å². The van der Waals surface area contributed by atoms with E-state index in [-0.39, 0.29) is 12.4 Å². The summed E-state index contributed by atoms with van der Waals surface area (Å²) in [5.41, 5.74) is 2.53. The zero-order valence-corrected chi connectivity index (χ0v) is 16.8. The van der Waals surface area contributed by atoms with Gasteiger partial charge in [0.15, 0.2) is 6.61 Å². The quantitative estimate of drug-likeness (QED) is 0.594. The Balaban J connectivity index is 1.70. The lowest BCUT2D eigenvalue weighted by Crippen LogP contribution is -2.22. The molecule has 0 fully saturated rings. The predicted molar refractivity (Wildman–Crippen MR) is 108 cm³/mol. The largest absolute Gasteiger partial charge is 0.465 e. The van der Waals surface area contributed by atoms with Crippen LogP contribution in [-0.4, -0.2) is 38.7 Å². The molecule has 0 aliphatic heterocycles. The summed E-state index contributed by atoms with van der Waals surface area (Å²) >= 11 is 0. The van der Waals surface area contributed by atoms with E-state index in [9.17, 15) is 14.4 Å². The number of esters is 2. The number of furan rings is 1. The van der Waals surface area contributed by atoms with E-state index >= 15 is 0 Å². The second-order valence-corrected chi connectivity index (χ2v) is 6.48. The maximum atomic E-state index is 12.5. The molecule has 0 aliphatic rings. The van der Waals surface area contributed by atoms with E-state index in [0.717, 1.165) is 10.9 Å². The Kier molecular flexibility index (Phi) is 6.48. The predicted octanol–water partition coefficient (Wildman–Crippen LogP) is 3.47. The molecule has 8 nitrogen and oxygen atoms in total. The first-order chi connectivity index (χ1) is 14.4. The highest BCUT2D eigenvalue weighted by Gasteiger charge is 2.22. The third-order valence-corrected chi connectivity index (χ3v) is 4.44. The summed E-state index contributed by atoms with van der Waals surface area (Å²) in [6.45, 7) is 1.41. The van der Waals surface area contributed by atoms with Crippen LogP contribution >= 0.6 is 0 Å². The molecule has 0 aliphatic carbocycles. The van der Waals surface area contributed by atoms with Gasteiger partial charge in [-0.1, -0.05) is 24.3 Å². The van der Waals surface area contributed by atoms with Crippen molar-refractivity contribution in [3.05, 3.63) is 64.9 Å². The lowest BCUT2D eigenvalue weighted by Gasteiger charge is -2.10. The van der Waals surface area contributed by atoms with E-state index in [1.807, 2.05) is 12.1 Å². The number of carbonyl (C=O) groups excluding carboxylic acids is 3. The van der Waals surface area contributed by atoms with E-state index in [1.54, 1.807) is 31.2 Å². The fourth-order valence-corrected chi connectivity index (χ4v) is 2.94. The Morgan fingerprint density at radius 2 is 1.80 bits per heavy atom. The molecule has 8 heteroatoms. The van der Waals surface area contributed by atoms with Gasteiger partial charge in [-0.3, -0.25) is 4.79 Å². The average Bonchev–Trinajstić information content (AvgIpc) is 3.12. The molecule has 0 atom stereocenters.